The molecular weight excluding hydrogens is 380 g/mol. The van der Waals surface area contributed by atoms with Crippen LogP contribution in [0.25, 0.3) is 0 Å². The van der Waals surface area contributed by atoms with Gasteiger partial charge < -0.3 is 42.5 Å². The van der Waals surface area contributed by atoms with Crippen molar-refractivity contribution in [2.75, 3.05) is 38.8 Å². The Labute approximate surface area is 159 Å². The van der Waals surface area contributed by atoms with Crippen molar-refractivity contribution in [2.24, 2.45) is 0 Å². The molecule has 1 aromatic rings. The lowest BCUT2D eigenvalue weighted by molar-refractivity contribution is -0.137. The first kappa shape index (κ1) is 26.7. The molecule has 0 radical (unpaired) electrons. The van der Waals surface area contributed by atoms with E-state index >= 15 is 0 Å². The van der Waals surface area contributed by atoms with Gasteiger partial charge in [0.1, 0.15) is 0 Å². The van der Waals surface area contributed by atoms with Crippen LogP contribution in [0.3, 0.4) is 0 Å². The number of nitrogens with one attached hydrogen (secondary N) is 2. The lowest BCUT2D eigenvalue weighted by Gasteiger charge is -2.09. The first-order chi connectivity index (χ1) is 13.2. The van der Waals surface area contributed by atoms with Crippen LogP contribution in [0.1, 0.15) is 33.8 Å². The molecule has 0 aliphatic heterocycles. The summed E-state index contributed by atoms with van der Waals surface area (Å²) in [6.07, 6.45) is -0.586. The minimum Gasteiger partial charge on any atom is -0.481 e. The van der Waals surface area contributed by atoms with Gasteiger partial charge in [0, 0.05) is 27.3 Å². The third-order valence-corrected chi connectivity index (χ3v) is 2.63. The molecule has 14 nitrogen and oxygen atoms in total. The minimum atomic E-state index is -1.10. The number of carboxylic acids is 2. The summed E-state index contributed by atoms with van der Waals surface area (Å²) >= 11 is 0. The standard InChI is InChI=1S/C12H16N6O6.2CH4O/c13-9-7(11(23)15-3-1-5(19)20)17-10(14)8(18-9)12(24)16-4-2-6(21)22;2*1-2/h1-4H2,(H2,14,17)(H2,13,18)(H,15,23)(H,16,24)(H,19,20)(H,21,22);2*2H,1H3. The number of carbonyl (C=O) groups is 4. The van der Waals surface area contributed by atoms with Gasteiger partial charge in [-0.3, -0.25) is 19.2 Å². The summed E-state index contributed by atoms with van der Waals surface area (Å²) in [4.78, 5) is 51.8. The number of nitrogens with zero attached hydrogens (tertiary/aromatic N) is 2. The highest BCUT2D eigenvalue weighted by Gasteiger charge is 2.20. The third kappa shape index (κ3) is 9.83. The molecule has 1 aromatic heterocycles. The number of nitrogens with two attached hydrogens (primary N) is 2. The molecular formula is C14H24N6O8. The van der Waals surface area contributed by atoms with Crippen molar-refractivity contribution in [1.29, 1.82) is 0 Å². The van der Waals surface area contributed by atoms with E-state index in [4.69, 9.17) is 31.9 Å². The molecule has 0 saturated heterocycles. The molecule has 0 atom stereocenters. The van der Waals surface area contributed by atoms with Crippen LogP contribution in [0.15, 0.2) is 0 Å². The number of amides is 2. The van der Waals surface area contributed by atoms with Gasteiger partial charge in [-0.15, -0.1) is 0 Å². The largest absolute Gasteiger partial charge is 0.481 e. The smallest absolute Gasteiger partial charge is 0.305 e. The summed E-state index contributed by atoms with van der Waals surface area (Å²) in [5.41, 5.74) is 10.4. The molecule has 0 fully saturated rings. The Balaban J connectivity index is 0. The van der Waals surface area contributed by atoms with E-state index in [1.165, 1.54) is 0 Å². The summed E-state index contributed by atoms with van der Waals surface area (Å²) in [5.74, 6) is -4.51. The van der Waals surface area contributed by atoms with Crippen LogP contribution in [-0.4, -0.2) is 81.5 Å². The van der Waals surface area contributed by atoms with Crippen molar-refractivity contribution in [3.05, 3.63) is 11.4 Å². The summed E-state index contributed by atoms with van der Waals surface area (Å²) in [5, 5.41) is 35.5. The molecule has 28 heavy (non-hydrogen) atoms. The number of hydrogen-bond donors (Lipinski definition) is 8. The van der Waals surface area contributed by atoms with Crippen LogP contribution in [0.4, 0.5) is 11.6 Å². The molecule has 10 N–H and O–H groups in total. The van der Waals surface area contributed by atoms with Gasteiger partial charge in [-0.2, -0.15) is 0 Å². The molecule has 0 aliphatic rings. The van der Waals surface area contributed by atoms with Crippen molar-refractivity contribution in [2.45, 2.75) is 12.8 Å². The van der Waals surface area contributed by atoms with Gasteiger partial charge in [0.15, 0.2) is 23.0 Å². The highest BCUT2D eigenvalue weighted by atomic mass is 16.4. The molecule has 2 amide bonds. The SMILES string of the molecule is CO.CO.Nc1nc(C(=O)NCCC(=O)O)c(N)nc1C(=O)NCCC(=O)O. The summed E-state index contributed by atoms with van der Waals surface area (Å²) in [6, 6.07) is 0. The van der Waals surface area contributed by atoms with Gasteiger partial charge in [0.05, 0.1) is 12.8 Å². The average Bonchev–Trinajstić information content (AvgIpc) is 2.65. The number of carbonyl (C=O) groups excluding carboxylic acids is 2. The van der Waals surface area contributed by atoms with Gasteiger partial charge in [-0.1, -0.05) is 0 Å². The van der Waals surface area contributed by atoms with Crippen molar-refractivity contribution in [3.8, 4) is 0 Å². The van der Waals surface area contributed by atoms with E-state index in [1.54, 1.807) is 0 Å². The van der Waals surface area contributed by atoms with Gasteiger partial charge in [-0.25, -0.2) is 9.97 Å². The molecule has 1 heterocycles. The molecule has 0 bridgehead atoms. The van der Waals surface area contributed by atoms with Crippen molar-refractivity contribution in [1.82, 2.24) is 20.6 Å². The van der Waals surface area contributed by atoms with E-state index < -0.39 is 23.8 Å². The zero-order valence-electron chi connectivity index (χ0n) is 15.3. The van der Waals surface area contributed by atoms with Crippen LogP contribution >= 0.6 is 0 Å². The Morgan fingerprint density at radius 2 is 1.04 bits per heavy atom. The number of aliphatic carboxylic acids is 2. The Hall–Kier alpha value is -3.52. The number of aromatic nitrogens is 2. The van der Waals surface area contributed by atoms with Gasteiger partial charge in [-0.05, 0) is 0 Å². The second-order valence-electron chi connectivity index (χ2n) is 4.49. The first-order valence-electron chi connectivity index (χ1n) is 7.54. The quantitative estimate of drug-likeness (QED) is 0.220. The Kier molecular flexibility index (Phi) is 14.0. The molecule has 158 valence electrons. The first-order valence-corrected chi connectivity index (χ1v) is 7.54. The maximum Gasteiger partial charge on any atom is 0.305 e. The fraction of sp³-hybridized carbons (Fsp3) is 0.429. The lowest BCUT2D eigenvalue weighted by atomic mass is 10.3. The molecule has 14 heteroatoms. The number of aliphatic hydroxyl groups excluding tert-OH is 2. The third-order valence-electron chi connectivity index (χ3n) is 2.63. The van der Waals surface area contributed by atoms with Crippen molar-refractivity contribution >= 4 is 35.4 Å². The number of hydrogen-bond acceptors (Lipinski definition) is 10. The summed E-state index contributed by atoms with van der Waals surface area (Å²) < 4.78 is 0. The Bertz CT molecular complexity index is 624. The summed E-state index contributed by atoms with van der Waals surface area (Å²) in [7, 11) is 2.00. The zero-order chi connectivity index (χ0) is 22.3. The number of nitrogen functional groups attached to an aromatic ring is 2. The predicted molar refractivity (Wildman–Crippen MR) is 96.3 cm³/mol. The maximum atomic E-state index is 11.8. The van der Waals surface area contributed by atoms with Crippen LogP contribution in [0, 0.1) is 0 Å². The highest BCUT2D eigenvalue weighted by Crippen LogP contribution is 2.13. The number of anilines is 2. The minimum absolute atomic E-state index is 0.146. The number of carboxylic acid groups (broad SMARTS) is 2. The molecule has 0 saturated carbocycles. The molecule has 0 aliphatic carbocycles. The zero-order valence-corrected chi connectivity index (χ0v) is 15.3. The maximum absolute atomic E-state index is 11.8. The molecule has 0 unspecified atom stereocenters. The van der Waals surface area contributed by atoms with Crippen molar-refractivity contribution in [3.63, 3.8) is 0 Å². The average molecular weight is 404 g/mol. The molecule has 0 spiro atoms. The van der Waals surface area contributed by atoms with E-state index in [0.29, 0.717) is 0 Å². The fourth-order valence-corrected chi connectivity index (χ4v) is 1.53. The van der Waals surface area contributed by atoms with Crippen LogP contribution in [-0.2, 0) is 9.59 Å². The summed E-state index contributed by atoms with van der Waals surface area (Å²) in [6.45, 7) is -0.292. The van der Waals surface area contributed by atoms with E-state index in [2.05, 4.69) is 20.6 Å². The van der Waals surface area contributed by atoms with Crippen molar-refractivity contribution < 1.29 is 39.6 Å². The number of aliphatic hydroxyl groups is 2. The van der Waals surface area contributed by atoms with Gasteiger partial charge >= 0.3 is 11.9 Å². The van der Waals surface area contributed by atoms with E-state index in [-0.39, 0.29) is 49.0 Å². The Morgan fingerprint density at radius 3 is 1.29 bits per heavy atom. The van der Waals surface area contributed by atoms with E-state index in [9.17, 15) is 19.2 Å². The lowest BCUT2D eigenvalue weighted by Crippen LogP contribution is -2.31. The second kappa shape index (κ2) is 14.6. The highest BCUT2D eigenvalue weighted by molar-refractivity contribution is 6.00. The van der Waals surface area contributed by atoms with Gasteiger partial charge in [0.25, 0.3) is 11.8 Å². The fourth-order valence-electron chi connectivity index (χ4n) is 1.53. The monoisotopic (exact) mass is 404 g/mol. The normalized spacial score (nSPS) is 9.00. The van der Waals surface area contributed by atoms with Gasteiger partial charge in [0.2, 0.25) is 0 Å². The van der Waals surface area contributed by atoms with Crippen LogP contribution in [0.5, 0.6) is 0 Å². The van der Waals surface area contributed by atoms with E-state index in [1.807, 2.05) is 0 Å². The molecule has 0 aromatic carbocycles. The number of rotatable bonds is 8. The topological polar surface area (TPSA) is 251 Å². The van der Waals surface area contributed by atoms with Crippen LogP contribution < -0.4 is 22.1 Å². The second-order valence-corrected chi connectivity index (χ2v) is 4.49. The predicted octanol–water partition coefficient (Wildman–Crippen LogP) is -2.73. The molecule has 1 rings (SSSR count). The Morgan fingerprint density at radius 1 is 0.750 bits per heavy atom. The van der Waals surface area contributed by atoms with E-state index in [0.717, 1.165) is 14.2 Å². The van der Waals surface area contributed by atoms with Crippen LogP contribution in [0.2, 0.25) is 0 Å².